The lowest BCUT2D eigenvalue weighted by Crippen LogP contribution is -2.49. The van der Waals surface area contributed by atoms with Crippen molar-refractivity contribution in [3.8, 4) is 5.88 Å². The third-order valence-electron chi connectivity index (χ3n) is 6.28. The van der Waals surface area contributed by atoms with Gasteiger partial charge in [-0.3, -0.25) is 4.79 Å². The maximum atomic E-state index is 13.1. The van der Waals surface area contributed by atoms with Crippen LogP contribution >= 0.6 is 0 Å². The quantitative estimate of drug-likeness (QED) is 0.553. The molecule has 3 aromatic heterocycles. The van der Waals surface area contributed by atoms with E-state index in [1.165, 1.54) is 6.20 Å². The van der Waals surface area contributed by atoms with Crippen LogP contribution in [0.5, 0.6) is 5.88 Å². The van der Waals surface area contributed by atoms with Gasteiger partial charge >= 0.3 is 6.18 Å². The van der Waals surface area contributed by atoms with Crippen LogP contribution in [0.15, 0.2) is 22.7 Å². The predicted molar refractivity (Wildman–Crippen MR) is 115 cm³/mol. The molecule has 0 unspecified atom stereocenters. The Morgan fingerprint density at radius 1 is 1.12 bits per heavy atom. The lowest BCUT2D eigenvalue weighted by Gasteiger charge is -2.33. The molecule has 0 spiro atoms. The molecule has 180 valence electrons. The standard InChI is InChI=1S/C22H23F3N6O3/c1-13-3-4-16-17(27-13)29-20(34-16)31-9-7-30(8-10-31)19(32)15-11-26-18(14(2)28-15)33-12-21(5-6-21)22(23,24)25/h3-4,11H,5-10,12H2,1-2H3. The molecule has 2 aliphatic rings. The van der Waals surface area contributed by atoms with Crippen molar-refractivity contribution in [2.45, 2.75) is 32.9 Å². The number of oxazole rings is 1. The Balaban J connectivity index is 1.20. The number of carbonyl (C=O) groups is 1. The van der Waals surface area contributed by atoms with Crippen molar-refractivity contribution >= 4 is 23.2 Å². The van der Waals surface area contributed by atoms with Gasteiger partial charge in [-0.2, -0.15) is 18.2 Å². The van der Waals surface area contributed by atoms with Crippen molar-refractivity contribution in [1.82, 2.24) is 24.8 Å². The van der Waals surface area contributed by atoms with E-state index in [0.717, 1.165) is 5.69 Å². The van der Waals surface area contributed by atoms with Gasteiger partial charge in [0, 0.05) is 31.9 Å². The first-order valence-corrected chi connectivity index (χ1v) is 11.0. The van der Waals surface area contributed by atoms with Gasteiger partial charge in [0.1, 0.15) is 23.4 Å². The molecule has 9 nitrogen and oxygen atoms in total. The number of pyridine rings is 1. The summed E-state index contributed by atoms with van der Waals surface area (Å²) in [6.07, 6.45) is -2.96. The number of anilines is 1. The number of fused-ring (bicyclic) bond motifs is 1. The van der Waals surface area contributed by atoms with Gasteiger partial charge in [0.15, 0.2) is 5.58 Å². The summed E-state index contributed by atoms with van der Waals surface area (Å²) < 4.78 is 50.4. The van der Waals surface area contributed by atoms with Gasteiger partial charge in [-0.05, 0) is 38.8 Å². The number of nitrogens with zero attached hydrogens (tertiary/aromatic N) is 6. The van der Waals surface area contributed by atoms with Gasteiger partial charge in [0.25, 0.3) is 11.9 Å². The summed E-state index contributed by atoms with van der Waals surface area (Å²) in [6.45, 7) is 4.84. The highest BCUT2D eigenvalue weighted by Crippen LogP contribution is 2.57. The Morgan fingerprint density at radius 2 is 1.85 bits per heavy atom. The third-order valence-corrected chi connectivity index (χ3v) is 6.28. The number of aryl methyl sites for hydroxylation is 2. The molecule has 0 bridgehead atoms. The highest BCUT2D eigenvalue weighted by molar-refractivity contribution is 5.92. The van der Waals surface area contributed by atoms with Crippen LogP contribution in [-0.4, -0.2) is 69.7 Å². The second kappa shape index (κ2) is 8.10. The second-order valence-corrected chi connectivity index (χ2v) is 8.76. The molecule has 1 amide bonds. The summed E-state index contributed by atoms with van der Waals surface area (Å²) in [4.78, 5) is 33.6. The minimum absolute atomic E-state index is 0.0108. The van der Waals surface area contributed by atoms with Crippen LogP contribution in [0.2, 0.25) is 0 Å². The number of alkyl halides is 3. The Kier molecular flexibility index (Phi) is 5.33. The molecule has 5 rings (SSSR count). The number of amides is 1. The number of aromatic nitrogens is 4. The fraction of sp³-hybridized carbons (Fsp3) is 0.500. The number of piperazine rings is 1. The number of hydrogen-bond acceptors (Lipinski definition) is 8. The molecule has 0 N–H and O–H groups in total. The number of carbonyl (C=O) groups excluding carboxylic acids is 1. The van der Waals surface area contributed by atoms with E-state index in [1.807, 2.05) is 24.0 Å². The van der Waals surface area contributed by atoms with E-state index in [1.54, 1.807) is 11.8 Å². The van der Waals surface area contributed by atoms with Crippen LogP contribution in [-0.2, 0) is 0 Å². The molecule has 0 radical (unpaired) electrons. The Labute approximate surface area is 193 Å². The summed E-state index contributed by atoms with van der Waals surface area (Å²) in [6, 6.07) is 4.15. The maximum Gasteiger partial charge on any atom is 0.397 e. The Hall–Kier alpha value is -3.44. The Bertz CT molecular complexity index is 1230. The van der Waals surface area contributed by atoms with E-state index in [0.29, 0.717) is 43.4 Å². The van der Waals surface area contributed by atoms with E-state index in [2.05, 4.69) is 19.9 Å². The molecule has 0 aromatic carbocycles. The summed E-state index contributed by atoms with van der Waals surface area (Å²) in [5.74, 6) is -0.290. The molecule has 1 aliphatic heterocycles. The SMILES string of the molecule is Cc1ccc2oc(N3CCN(C(=O)c4cnc(OCC5(C(F)(F)F)CC5)c(C)n4)CC3)nc2n1. The smallest absolute Gasteiger partial charge is 0.397 e. The third kappa shape index (κ3) is 4.12. The average molecular weight is 476 g/mol. The van der Waals surface area contributed by atoms with Crippen molar-refractivity contribution in [3.05, 3.63) is 35.4 Å². The molecule has 1 saturated carbocycles. The van der Waals surface area contributed by atoms with Gasteiger partial charge in [0.2, 0.25) is 11.5 Å². The molecule has 4 heterocycles. The van der Waals surface area contributed by atoms with Crippen molar-refractivity contribution in [2.24, 2.45) is 5.41 Å². The molecule has 0 atom stereocenters. The van der Waals surface area contributed by atoms with E-state index in [9.17, 15) is 18.0 Å². The van der Waals surface area contributed by atoms with Gasteiger partial charge in [-0.1, -0.05) is 0 Å². The predicted octanol–water partition coefficient (Wildman–Crippen LogP) is 3.31. The number of ether oxygens (including phenoxy) is 1. The molecule has 34 heavy (non-hydrogen) atoms. The summed E-state index contributed by atoms with van der Waals surface area (Å²) in [5, 5.41) is 0. The molecule has 3 aromatic rings. The van der Waals surface area contributed by atoms with E-state index < -0.39 is 18.2 Å². The van der Waals surface area contributed by atoms with Gasteiger partial charge in [-0.25, -0.2) is 15.0 Å². The van der Waals surface area contributed by atoms with E-state index in [-0.39, 0.29) is 36.0 Å². The first-order valence-electron chi connectivity index (χ1n) is 11.0. The second-order valence-electron chi connectivity index (χ2n) is 8.76. The van der Waals surface area contributed by atoms with Crippen LogP contribution < -0.4 is 9.64 Å². The van der Waals surface area contributed by atoms with Crippen LogP contribution in [0.3, 0.4) is 0 Å². The van der Waals surface area contributed by atoms with Crippen LogP contribution in [0.1, 0.15) is 34.7 Å². The Morgan fingerprint density at radius 3 is 2.50 bits per heavy atom. The molecule has 1 aliphatic carbocycles. The number of halogens is 3. The van der Waals surface area contributed by atoms with Gasteiger partial charge in [0.05, 0.1) is 6.20 Å². The fourth-order valence-corrected chi connectivity index (χ4v) is 3.88. The topological polar surface area (TPSA) is 97.5 Å². The lowest BCUT2D eigenvalue weighted by molar-refractivity contribution is -0.194. The largest absolute Gasteiger partial charge is 0.475 e. The van der Waals surface area contributed by atoms with Gasteiger partial charge < -0.3 is 19.0 Å². The summed E-state index contributed by atoms with van der Waals surface area (Å²) in [7, 11) is 0. The van der Waals surface area contributed by atoms with Crippen LogP contribution in [0.4, 0.5) is 19.2 Å². The zero-order valence-electron chi connectivity index (χ0n) is 18.7. The first-order chi connectivity index (χ1) is 16.1. The molecule has 1 saturated heterocycles. The molecule has 2 fully saturated rings. The summed E-state index contributed by atoms with van der Waals surface area (Å²) in [5.41, 5.74) is 0.606. The number of rotatable bonds is 5. The monoisotopic (exact) mass is 476 g/mol. The maximum absolute atomic E-state index is 13.1. The van der Waals surface area contributed by atoms with Gasteiger partial charge in [-0.15, -0.1) is 0 Å². The highest BCUT2D eigenvalue weighted by Gasteiger charge is 2.64. The minimum atomic E-state index is -4.31. The normalized spacial score (nSPS) is 17.8. The highest BCUT2D eigenvalue weighted by atomic mass is 19.4. The fourth-order valence-electron chi connectivity index (χ4n) is 3.88. The zero-order chi connectivity index (χ0) is 24.1. The van der Waals surface area contributed by atoms with E-state index >= 15 is 0 Å². The van der Waals surface area contributed by atoms with Crippen molar-refractivity contribution in [2.75, 3.05) is 37.7 Å². The molecular weight excluding hydrogens is 453 g/mol. The van der Waals surface area contributed by atoms with Crippen molar-refractivity contribution in [1.29, 1.82) is 0 Å². The van der Waals surface area contributed by atoms with Crippen LogP contribution in [0, 0.1) is 19.3 Å². The molecule has 12 heteroatoms. The lowest BCUT2D eigenvalue weighted by atomic mass is 10.1. The first kappa shape index (κ1) is 22.4. The number of hydrogen-bond donors (Lipinski definition) is 0. The summed E-state index contributed by atoms with van der Waals surface area (Å²) >= 11 is 0. The van der Waals surface area contributed by atoms with Crippen molar-refractivity contribution in [3.63, 3.8) is 0 Å². The average Bonchev–Trinajstić information content (AvgIpc) is 3.50. The van der Waals surface area contributed by atoms with Crippen LogP contribution in [0.25, 0.3) is 11.2 Å². The minimum Gasteiger partial charge on any atom is -0.475 e. The van der Waals surface area contributed by atoms with E-state index in [4.69, 9.17) is 9.15 Å². The van der Waals surface area contributed by atoms with Crippen molar-refractivity contribution < 1.29 is 27.1 Å². The zero-order valence-corrected chi connectivity index (χ0v) is 18.7. The molecular formula is C22H23F3N6O3.